The summed E-state index contributed by atoms with van der Waals surface area (Å²) >= 11 is 3.22. The van der Waals surface area contributed by atoms with E-state index in [0.717, 1.165) is 120 Å². The van der Waals surface area contributed by atoms with Gasteiger partial charge in [-0.05, 0) is 191 Å². The van der Waals surface area contributed by atoms with E-state index in [1.54, 1.807) is 83.5 Å². The SMILES string of the molecule is COc1cc(Cc2cc3c(=O)n([C@H]4COCC[C@@H]4O)cnc3c3ccccc23)ccn1.CSc1cc(Cc2cc3c(=O)n([C@H]4COCC[C@@H]4O)cnc3c3ccccc23)ccn1.CSc1ccc(-c2ccc(Cc3cc4c(=O)n([C@H]5CCOC[C@@H]5O)cnc4c4ccccc34)cn2)cn1.O=c1c2cc(Cc3ccc(-c4cnccn4)cc3)c3ccccc3c2ncn1[C@H]1CCOC[C@@H]1O. The van der Waals surface area contributed by atoms with Crippen LogP contribution >= 0.6 is 23.5 Å². The topological polar surface area (TPSA) is 344 Å². The number of aromatic nitrogens is 14. The zero-order chi connectivity index (χ0) is 91.9. The second kappa shape index (κ2) is 40.5. The first-order valence-corrected chi connectivity index (χ1v) is 47.0. The van der Waals surface area contributed by atoms with E-state index >= 15 is 0 Å². The van der Waals surface area contributed by atoms with Crippen LogP contribution in [0.5, 0.6) is 5.88 Å². The molecular weight excluding hydrogens is 1730 g/mol. The third kappa shape index (κ3) is 18.8. The van der Waals surface area contributed by atoms with Crippen molar-refractivity contribution in [1.29, 1.82) is 0 Å². The fourth-order valence-corrected chi connectivity index (χ4v) is 19.4. The third-order valence-electron chi connectivity index (χ3n) is 25.6. The molecule has 0 spiro atoms. The lowest BCUT2D eigenvalue weighted by Gasteiger charge is -2.29. The number of aliphatic hydroxyl groups is 4. The number of aliphatic hydroxyl groups excluding tert-OH is 4. The Balaban J connectivity index is 0.000000115. The van der Waals surface area contributed by atoms with Crippen molar-refractivity contribution < 1.29 is 44.1 Å². The van der Waals surface area contributed by atoms with Gasteiger partial charge in [0.15, 0.2) is 0 Å². The van der Waals surface area contributed by atoms with Crippen molar-refractivity contribution in [3.05, 3.63) is 349 Å². The van der Waals surface area contributed by atoms with Crippen LogP contribution in [0.4, 0.5) is 0 Å². The highest BCUT2D eigenvalue weighted by Gasteiger charge is 2.33. The average molecular weight is 1830 g/mol. The van der Waals surface area contributed by atoms with Crippen LogP contribution < -0.4 is 27.0 Å². The number of thioether (sulfide) groups is 2. The molecule has 4 aliphatic rings. The summed E-state index contributed by atoms with van der Waals surface area (Å²) in [4.78, 5) is 98.9. The van der Waals surface area contributed by atoms with Gasteiger partial charge in [-0.1, -0.05) is 127 Å². The highest BCUT2D eigenvalue weighted by Crippen LogP contribution is 2.37. The predicted molar refractivity (Wildman–Crippen MR) is 521 cm³/mol. The lowest BCUT2D eigenvalue weighted by molar-refractivity contribution is -0.0395. The lowest BCUT2D eigenvalue weighted by atomic mass is 9.95. The van der Waals surface area contributed by atoms with Crippen LogP contribution in [-0.2, 0) is 44.6 Å². The molecule has 0 unspecified atom stereocenters. The van der Waals surface area contributed by atoms with Gasteiger partial charge in [-0.3, -0.25) is 52.4 Å². The number of pyridine rings is 4. The van der Waals surface area contributed by atoms with Crippen molar-refractivity contribution in [3.63, 3.8) is 0 Å². The molecule has 9 aromatic carbocycles. The summed E-state index contributed by atoms with van der Waals surface area (Å²) in [6, 6.07) is 62.7. The standard InChI is InChI=1S/C29H26N4O3S.C28H24N4O3.C24H23N3O4.C24H23N3O3S/c1-37-27-9-7-19(15-31-27)24-8-6-18(14-30-24)12-20-13-23-28(22-5-3-2-4-21(20)22)32-17-33(29(23)35)25-10-11-36-16-26(25)34;33-26-16-35-12-9-25(26)32-17-31-27-22-4-2-1-3-21(22)20(14-23(27)28(32)34)13-18-5-7-19(8-6-18)24-15-29-10-11-30-24;1-30-22-11-15(6-8-25-22)10-16-12-19-23(18-5-3-2-4-17(16)18)26-14-27(24(19)29)20-13-31-9-7-21(20)28;1-31-22-11-15(6-8-25-22)10-16-12-19-23(18-5-3-2-4-17(16)18)26-14-27(24(19)29)20-13-30-9-7-21(20)28/h2-9,13-15,17,25-26,34H,10-12,16H2,1H3;1-8,10-11,14-15,17,25-26,33H,9,12-13,16H2;2*2-6,8,11-12,14,20-21,28H,7,9-10,13H2,1H3/t2*25-,26-;2*20-,21-/m0000/s1. The number of benzene rings is 9. The summed E-state index contributed by atoms with van der Waals surface area (Å²) in [5.74, 6) is 0.554. The summed E-state index contributed by atoms with van der Waals surface area (Å²) in [5, 5.41) is 53.9. The fraction of sp³-hybridized carbons (Fsp3) is 0.257. The Labute approximate surface area is 777 Å². The summed E-state index contributed by atoms with van der Waals surface area (Å²) in [5.41, 5.74) is 14.4. The largest absolute Gasteiger partial charge is 0.481 e. The molecule has 4 saturated heterocycles. The monoisotopic (exact) mass is 1820 g/mol. The van der Waals surface area contributed by atoms with E-state index in [0.29, 0.717) is 140 Å². The average Bonchev–Trinajstić information content (AvgIpc) is 0.762. The van der Waals surface area contributed by atoms with Crippen LogP contribution in [-0.4, -0.2) is 185 Å². The number of rotatable bonds is 17. The molecule has 0 amide bonds. The molecule has 29 heteroatoms. The summed E-state index contributed by atoms with van der Waals surface area (Å²) < 4.78 is 33.2. The maximum atomic E-state index is 13.6. The minimum absolute atomic E-state index is 0.133. The Morgan fingerprint density at radius 3 is 1.13 bits per heavy atom. The molecule has 9 aromatic heterocycles. The van der Waals surface area contributed by atoms with Gasteiger partial charge < -0.3 is 44.1 Å². The van der Waals surface area contributed by atoms with Gasteiger partial charge in [-0.2, -0.15) is 0 Å². The molecule has 4 aliphatic heterocycles. The first-order chi connectivity index (χ1) is 65.6. The van der Waals surface area contributed by atoms with Crippen molar-refractivity contribution >= 4 is 110 Å². The Hall–Kier alpha value is -13.6. The Kier molecular flexibility index (Phi) is 27.1. The molecule has 676 valence electrons. The molecule has 134 heavy (non-hydrogen) atoms. The van der Waals surface area contributed by atoms with E-state index in [4.69, 9.17) is 23.7 Å². The highest BCUT2D eigenvalue weighted by atomic mass is 32.2. The fourth-order valence-electron chi connectivity index (χ4n) is 18.6. The van der Waals surface area contributed by atoms with E-state index in [-0.39, 0.29) is 47.5 Å². The quantitative estimate of drug-likeness (QED) is 0.0486. The van der Waals surface area contributed by atoms with E-state index in [9.17, 15) is 39.6 Å². The predicted octanol–water partition coefficient (Wildman–Crippen LogP) is 15.0. The Morgan fingerprint density at radius 1 is 0.328 bits per heavy atom. The maximum absolute atomic E-state index is 13.6. The first kappa shape index (κ1) is 89.6. The maximum Gasteiger partial charge on any atom is 0.261 e. The van der Waals surface area contributed by atoms with E-state index in [1.807, 2.05) is 177 Å². The molecule has 27 nitrogen and oxygen atoms in total. The van der Waals surface area contributed by atoms with Gasteiger partial charge in [0, 0.05) is 102 Å². The van der Waals surface area contributed by atoms with Crippen molar-refractivity contribution in [2.75, 3.05) is 72.5 Å². The number of methoxy groups -OCH3 is 1. The minimum atomic E-state index is -0.734. The van der Waals surface area contributed by atoms with E-state index < -0.39 is 36.5 Å². The second-order valence-corrected chi connectivity index (χ2v) is 35.4. The van der Waals surface area contributed by atoms with Crippen LogP contribution in [0, 0.1) is 0 Å². The summed E-state index contributed by atoms with van der Waals surface area (Å²) in [6.07, 6.45) is 24.7. The molecule has 18 aromatic rings. The summed E-state index contributed by atoms with van der Waals surface area (Å²) in [6.45, 7) is 3.08. The third-order valence-corrected chi connectivity index (χ3v) is 26.9. The smallest absolute Gasteiger partial charge is 0.261 e. The number of hydrogen-bond acceptors (Lipinski definition) is 25. The van der Waals surface area contributed by atoms with Crippen LogP contribution in [0.15, 0.2) is 292 Å². The van der Waals surface area contributed by atoms with E-state index in [2.05, 4.69) is 98.4 Å². The molecular formula is C105H96N14O13S2. The highest BCUT2D eigenvalue weighted by molar-refractivity contribution is 7.98. The zero-order valence-corrected chi connectivity index (χ0v) is 75.4. The van der Waals surface area contributed by atoms with Gasteiger partial charge in [0.1, 0.15) is 0 Å². The molecule has 0 bridgehead atoms. The molecule has 8 atom stereocenters. The van der Waals surface area contributed by atoms with Gasteiger partial charge in [0.2, 0.25) is 5.88 Å². The molecule has 0 radical (unpaired) electrons. The number of ether oxygens (including phenoxy) is 5. The van der Waals surface area contributed by atoms with Crippen molar-refractivity contribution in [2.45, 2.75) is 110 Å². The molecule has 22 rings (SSSR count). The Morgan fingerprint density at radius 2 is 0.731 bits per heavy atom. The molecule has 0 saturated carbocycles. The molecule has 0 aliphatic carbocycles. The van der Waals surface area contributed by atoms with Crippen LogP contribution in [0.3, 0.4) is 0 Å². The van der Waals surface area contributed by atoms with Crippen molar-refractivity contribution in [2.24, 2.45) is 0 Å². The van der Waals surface area contributed by atoms with Gasteiger partial charge in [0.05, 0.1) is 179 Å². The number of nitrogens with zero attached hydrogens (tertiary/aromatic N) is 14. The zero-order valence-electron chi connectivity index (χ0n) is 73.8. The van der Waals surface area contributed by atoms with Crippen LogP contribution in [0.25, 0.3) is 109 Å². The molecule has 13 heterocycles. The lowest BCUT2D eigenvalue weighted by Crippen LogP contribution is -2.39. The van der Waals surface area contributed by atoms with Crippen molar-refractivity contribution in [3.8, 4) is 28.4 Å². The number of fused-ring (bicyclic) bond motifs is 12. The summed E-state index contributed by atoms with van der Waals surface area (Å²) in [7, 11) is 1.59. The Bertz CT molecular complexity index is 7420. The van der Waals surface area contributed by atoms with Gasteiger partial charge in [0.25, 0.3) is 22.2 Å². The van der Waals surface area contributed by atoms with E-state index in [1.165, 1.54) is 15.5 Å². The minimum Gasteiger partial charge on any atom is -0.481 e. The first-order valence-electron chi connectivity index (χ1n) is 44.6. The molecule has 4 fully saturated rings. The second-order valence-electron chi connectivity index (χ2n) is 33.8. The van der Waals surface area contributed by atoms with Crippen LogP contribution in [0.1, 0.15) is 94.4 Å². The number of hydrogen-bond donors (Lipinski definition) is 4. The van der Waals surface area contributed by atoms with Crippen LogP contribution in [0.2, 0.25) is 0 Å². The van der Waals surface area contributed by atoms with Crippen molar-refractivity contribution in [1.82, 2.24) is 68.1 Å². The van der Waals surface area contributed by atoms with Gasteiger partial charge >= 0.3 is 0 Å². The molecule has 4 N–H and O–H groups in total. The normalized spacial score (nSPS) is 18.5. The van der Waals surface area contributed by atoms with Gasteiger partial charge in [-0.15, -0.1) is 23.5 Å². The van der Waals surface area contributed by atoms with Gasteiger partial charge in [-0.25, -0.2) is 34.9 Å².